The molecule has 0 radical (unpaired) electrons. The van der Waals surface area contributed by atoms with E-state index in [9.17, 15) is 18.0 Å². The maximum atomic E-state index is 12.5. The smallest absolute Gasteiger partial charge is 0.416 e. The lowest BCUT2D eigenvalue weighted by molar-refractivity contribution is -0.137. The van der Waals surface area contributed by atoms with Crippen LogP contribution in [0.4, 0.5) is 13.2 Å². The second-order valence-electron chi connectivity index (χ2n) is 4.97. The highest BCUT2D eigenvalue weighted by Gasteiger charge is 2.30. The van der Waals surface area contributed by atoms with Gasteiger partial charge < -0.3 is 14.8 Å². The van der Waals surface area contributed by atoms with E-state index in [1.165, 1.54) is 19.2 Å². The van der Waals surface area contributed by atoms with E-state index in [2.05, 4.69) is 5.32 Å². The molecule has 1 N–H and O–H groups in total. The van der Waals surface area contributed by atoms with E-state index in [-0.39, 0.29) is 11.7 Å². The summed E-state index contributed by atoms with van der Waals surface area (Å²) in [5.41, 5.74) is -0.734. The predicted molar refractivity (Wildman–Crippen MR) is 82.1 cm³/mol. The van der Waals surface area contributed by atoms with Crippen molar-refractivity contribution in [3.05, 3.63) is 54.1 Å². The molecule has 0 heterocycles. The molecule has 0 aromatic heterocycles. The van der Waals surface area contributed by atoms with E-state index in [0.717, 1.165) is 12.1 Å². The van der Waals surface area contributed by atoms with Gasteiger partial charge in [-0.05, 0) is 55.5 Å². The molecule has 7 heteroatoms. The first-order valence-corrected chi connectivity index (χ1v) is 7.13. The summed E-state index contributed by atoms with van der Waals surface area (Å²) in [7, 11) is 1.52. The summed E-state index contributed by atoms with van der Waals surface area (Å²) in [4.78, 5) is 11.4. The molecule has 0 aliphatic heterocycles. The van der Waals surface area contributed by atoms with Crippen LogP contribution in [0, 0.1) is 0 Å². The number of halogens is 3. The second kappa shape index (κ2) is 7.25. The summed E-state index contributed by atoms with van der Waals surface area (Å²) in [5, 5.41) is 2.48. The van der Waals surface area contributed by atoms with Gasteiger partial charge in [-0.25, -0.2) is 0 Å². The van der Waals surface area contributed by atoms with Crippen LogP contribution in [0.5, 0.6) is 17.2 Å². The number of hydrogen-bond acceptors (Lipinski definition) is 3. The fraction of sp³-hybridized carbons (Fsp3) is 0.235. The number of nitrogens with one attached hydrogen (secondary N) is 1. The van der Waals surface area contributed by atoms with Crippen LogP contribution in [0.15, 0.2) is 48.5 Å². The lowest BCUT2D eigenvalue weighted by Crippen LogP contribution is -2.33. The molecule has 1 unspecified atom stereocenters. The molecule has 4 nitrogen and oxygen atoms in total. The third kappa shape index (κ3) is 4.65. The van der Waals surface area contributed by atoms with Crippen LogP contribution in [0.25, 0.3) is 0 Å². The van der Waals surface area contributed by atoms with Crippen molar-refractivity contribution in [3.8, 4) is 17.2 Å². The first-order valence-electron chi connectivity index (χ1n) is 7.13. The van der Waals surface area contributed by atoms with Gasteiger partial charge in [0.25, 0.3) is 5.91 Å². The van der Waals surface area contributed by atoms with E-state index in [0.29, 0.717) is 11.5 Å². The second-order valence-corrected chi connectivity index (χ2v) is 4.97. The number of rotatable bonds is 5. The van der Waals surface area contributed by atoms with Gasteiger partial charge in [0.2, 0.25) is 0 Å². The van der Waals surface area contributed by atoms with Crippen LogP contribution in [0.2, 0.25) is 0 Å². The van der Waals surface area contributed by atoms with Gasteiger partial charge in [-0.2, -0.15) is 13.2 Å². The Morgan fingerprint density at radius 3 is 1.88 bits per heavy atom. The molecule has 0 saturated heterocycles. The van der Waals surface area contributed by atoms with Crippen molar-refractivity contribution in [2.75, 3.05) is 7.05 Å². The zero-order valence-electron chi connectivity index (χ0n) is 13.1. The molecule has 0 spiro atoms. The molecule has 0 aliphatic carbocycles. The summed E-state index contributed by atoms with van der Waals surface area (Å²) in [6, 6.07) is 10.8. The van der Waals surface area contributed by atoms with E-state index < -0.39 is 17.8 Å². The SMILES string of the molecule is CNC(=O)C(C)Oc1ccc(Oc2ccc(C(F)(F)F)cc2)cc1. The van der Waals surface area contributed by atoms with Crippen LogP contribution in [0.1, 0.15) is 12.5 Å². The average molecular weight is 339 g/mol. The summed E-state index contributed by atoms with van der Waals surface area (Å²) >= 11 is 0. The molecule has 0 bridgehead atoms. The highest BCUT2D eigenvalue weighted by Crippen LogP contribution is 2.31. The van der Waals surface area contributed by atoms with Gasteiger partial charge in [0.05, 0.1) is 5.56 Å². The Kier molecular flexibility index (Phi) is 5.33. The predicted octanol–water partition coefficient (Wildman–Crippen LogP) is 4.01. The van der Waals surface area contributed by atoms with Crippen molar-refractivity contribution >= 4 is 5.91 Å². The minimum absolute atomic E-state index is 0.250. The van der Waals surface area contributed by atoms with Crippen molar-refractivity contribution in [1.29, 1.82) is 0 Å². The standard InChI is InChI=1S/C17H16F3NO3/c1-11(16(22)21-2)23-13-7-9-15(10-8-13)24-14-5-3-12(4-6-14)17(18,19)20/h3-11H,1-2H3,(H,21,22). The molecule has 24 heavy (non-hydrogen) atoms. The first-order chi connectivity index (χ1) is 11.3. The van der Waals surface area contributed by atoms with Gasteiger partial charge >= 0.3 is 6.18 Å². The van der Waals surface area contributed by atoms with Crippen LogP contribution in [0.3, 0.4) is 0 Å². The van der Waals surface area contributed by atoms with Gasteiger partial charge in [0, 0.05) is 7.05 Å². The van der Waals surface area contributed by atoms with Crippen molar-refractivity contribution < 1.29 is 27.4 Å². The van der Waals surface area contributed by atoms with Crippen LogP contribution in [-0.4, -0.2) is 19.1 Å². The van der Waals surface area contributed by atoms with Crippen molar-refractivity contribution in [1.82, 2.24) is 5.32 Å². The van der Waals surface area contributed by atoms with Crippen LogP contribution in [-0.2, 0) is 11.0 Å². The number of alkyl halides is 3. The summed E-state index contributed by atoms with van der Waals surface area (Å²) < 4.78 is 48.4. The fourth-order valence-electron chi connectivity index (χ4n) is 1.90. The molecular formula is C17H16F3NO3. The largest absolute Gasteiger partial charge is 0.481 e. The minimum atomic E-state index is -4.38. The third-order valence-corrected chi connectivity index (χ3v) is 3.17. The topological polar surface area (TPSA) is 47.6 Å². The average Bonchev–Trinajstić information content (AvgIpc) is 2.55. The lowest BCUT2D eigenvalue weighted by Gasteiger charge is -2.13. The Morgan fingerprint density at radius 2 is 1.42 bits per heavy atom. The van der Waals surface area contributed by atoms with E-state index in [1.54, 1.807) is 31.2 Å². The Hall–Kier alpha value is -2.70. The number of hydrogen-bond donors (Lipinski definition) is 1. The van der Waals surface area contributed by atoms with Gasteiger partial charge in [-0.3, -0.25) is 4.79 Å². The molecule has 0 saturated carbocycles. The number of carbonyl (C=O) groups excluding carboxylic acids is 1. The molecule has 2 rings (SSSR count). The molecule has 2 aromatic rings. The third-order valence-electron chi connectivity index (χ3n) is 3.17. The van der Waals surface area contributed by atoms with Crippen molar-refractivity contribution in [3.63, 3.8) is 0 Å². The molecule has 128 valence electrons. The number of ether oxygens (including phenoxy) is 2. The monoisotopic (exact) mass is 339 g/mol. The zero-order chi connectivity index (χ0) is 17.7. The fourth-order valence-corrected chi connectivity index (χ4v) is 1.90. The maximum absolute atomic E-state index is 12.5. The Labute approximate surface area is 137 Å². The minimum Gasteiger partial charge on any atom is -0.481 e. The van der Waals surface area contributed by atoms with E-state index in [4.69, 9.17) is 9.47 Å². The number of likely N-dealkylation sites (N-methyl/N-ethyl adjacent to an activating group) is 1. The molecular weight excluding hydrogens is 323 g/mol. The molecule has 1 amide bonds. The van der Waals surface area contributed by atoms with Gasteiger partial charge in [-0.1, -0.05) is 0 Å². The normalized spacial score (nSPS) is 12.4. The van der Waals surface area contributed by atoms with E-state index in [1.807, 2.05) is 0 Å². The van der Waals surface area contributed by atoms with Crippen molar-refractivity contribution in [2.24, 2.45) is 0 Å². The first kappa shape index (κ1) is 17.7. The Balaban J connectivity index is 2.00. The highest BCUT2D eigenvalue weighted by molar-refractivity contribution is 5.80. The van der Waals surface area contributed by atoms with Gasteiger partial charge in [-0.15, -0.1) is 0 Å². The quantitative estimate of drug-likeness (QED) is 0.895. The summed E-state index contributed by atoms with van der Waals surface area (Å²) in [6.07, 6.45) is -5.02. The van der Waals surface area contributed by atoms with Gasteiger partial charge in [0.15, 0.2) is 6.10 Å². The Bertz CT molecular complexity index is 682. The van der Waals surface area contributed by atoms with Crippen LogP contribution < -0.4 is 14.8 Å². The van der Waals surface area contributed by atoms with Gasteiger partial charge in [0.1, 0.15) is 17.2 Å². The summed E-state index contributed by atoms with van der Waals surface area (Å²) in [6.45, 7) is 1.62. The highest BCUT2D eigenvalue weighted by atomic mass is 19.4. The maximum Gasteiger partial charge on any atom is 0.416 e. The number of benzene rings is 2. The number of carbonyl (C=O) groups is 1. The molecule has 2 aromatic carbocycles. The number of amides is 1. The molecule has 1 atom stereocenters. The zero-order valence-corrected chi connectivity index (χ0v) is 13.1. The van der Waals surface area contributed by atoms with E-state index >= 15 is 0 Å². The Morgan fingerprint density at radius 1 is 0.958 bits per heavy atom. The summed E-state index contributed by atoms with van der Waals surface area (Å²) in [5.74, 6) is 0.955. The lowest BCUT2D eigenvalue weighted by atomic mass is 10.2. The van der Waals surface area contributed by atoms with Crippen molar-refractivity contribution in [2.45, 2.75) is 19.2 Å². The van der Waals surface area contributed by atoms with Crippen LogP contribution >= 0.6 is 0 Å². The molecule has 0 aliphatic rings. The molecule has 0 fully saturated rings.